The van der Waals surface area contributed by atoms with E-state index in [0.717, 1.165) is 0 Å². The number of amides is 2. The number of nitrogens with zero attached hydrogens (tertiary/aromatic N) is 2. The molecular weight excluding hydrogens is 377 g/mol. The summed E-state index contributed by atoms with van der Waals surface area (Å²) in [6, 6.07) is 7.75. The number of hydrogen-bond acceptors (Lipinski definition) is 5. The summed E-state index contributed by atoms with van der Waals surface area (Å²) in [4.78, 5) is 31.0. The number of benzene rings is 1. The molecule has 1 spiro atoms. The van der Waals surface area contributed by atoms with Crippen LogP contribution in [-0.2, 0) is 16.0 Å². The number of likely N-dealkylation sites (tertiary alicyclic amines) is 1. The quantitative estimate of drug-likeness (QED) is 0.852. The number of nitrogens with one attached hydrogen (secondary N) is 1. The van der Waals surface area contributed by atoms with Crippen molar-refractivity contribution in [2.24, 2.45) is 0 Å². The van der Waals surface area contributed by atoms with Crippen molar-refractivity contribution in [2.75, 3.05) is 26.3 Å². The van der Waals surface area contributed by atoms with E-state index >= 15 is 0 Å². The minimum absolute atomic E-state index is 0.0535. The summed E-state index contributed by atoms with van der Waals surface area (Å²) in [7, 11) is 0. The number of carbonyl (C=O) groups is 2. The molecule has 0 radical (unpaired) electrons. The number of rotatable bonds is 4. The molecule has 0 bridgehead atoms. The fraction of sp³-hybridized carbons (Fsp3) is 0.381. The summed E-state index contributed by atoms with van der Waals surface area (Å²) in [5.74, 6) is -1.54. The first-order chi connectivity index (χ1) is 14.1. The first-order valence-electron chi connectivity index (χ1n) is 9.60. The zero-order valence-corrected chi connectivity index (χ0v) is 15.9. The molecule has 3 heterocycles. The van der Waals surface area contributed by atoms with E-state index in [4.69, 9.17) is 9.47 Å². The third kappa shape index (κ3) is 4.28. The second-order valence-corrected chi connectivity index (χ2v) is 7.14. The fourth-order valence-corrected chi connectivity index (χ4v) is 3.62. The fourth-order valence-electron chi connectivity index (χ4n) is 3.62. The van der Waals surface area contributed by atoms with E-state index in [0.29, 0.717) is 50.3 Å². The summed E-state index contributed by atoms with van der Waals surface area (Å²) in [6.07, 6.45) is 4.08. The topological polar surface area (TPSA) is 80.8 Å². The Morgan fingerprint density at radius 1 is 1.10 bits per heavy atom. The lowest BCUT2D eigenvalue weighted by atomic mass is 10.0. The summed E-state index contributed by atoms with van der Waals surface area (Å²) < 4.78 is 25.1. The van der Waals surface area contributed by atoms with Crippen LogP contribution >= 0.6 is 0 Å². The maximum absolute atomic E-state index is 13.7. The molecule has 1 N–H and O–H groups in total. The lowest BCUT2D eigenvalue weighted by Crippen LogP contribution is -2.47. The standard InChI is InChI=1S/C21H22FN3O4/c22-18-4-2-1-3-15(18)14-24-19(26)16-11-17(13-23-12-16)20(27)25-7-5-21(6-8-25)28-9-10-29-21/h1-4,11-13H,5-10,14H2,(H,24,26). The third-order valence-electron chi connectivity index (χ3n) is 5.27. The first kappa shape index (κ1) is 19.5. The highest BCUT2D eigenvalue weighted by atomic mass is 19.1. The minimum atomic E-state index is -0.552. The van der Waals surface area contributed by atoms with Crippen LogP contribution in [0.1, 0.15) is 39.1 Å². The van der Waals surface area contributed by atoms with Crippen molar-refractivity contribution < 1.29 is 23.5 Å². The van der Waals surface area contributed by atoms with Gasteiger partial charge in [0.15, 0.2) is 5.79 Å². The number of halogens is 1. The van der Waals surface area contributed by atoms with Crippen LogP contribution in [0.15, 0.2) is 42.7 Å². The van der Waals surface area contributed by atoms with E-state index in [1.54, 1.807) is 23.1 Å². The van der Waals surface area contributed by atoms with Crippen molar-refractivity contribution in [1.82, 2.24) is 15.2 Å². The van der Waals surface area contributed by atoms with Gasteiger partial charge in [-0.3, -0.25) is 14.6 Å². The zero-order valence-electron chi connectivity index (χ0n) is 15.9. The Morgan fingerprint density at radius 2 is 1.79 bits per heavy atom. The Labute approximate surface area is 167 Å². The van der Waals surface area contributed by atoms with Crippen LogP contribution in [0.4, 0.5) is 4.39 Å². The van der Waals surface area contributed by atoms with Gasteiger partial charge in [-0.2, -0.15) is 0 Å². The molecule has 2 aromatic rings. The Morgan fingerprint density at radius 3 is 2.52 bits per heavy atom. The van der Waals surface area contributed by atoms with Crippen LogP contribution in [0.2, 0.25) is 0 Å². The van der Waals surface area contributed by atoms with Gasteiger partial charge in [-0.05, 0) is 12.1 Å². The van der Waals surface area contributed by atoms with Crippen molar-refractivity contribution in [3.8, 4) is 0 Å². The van der Waals surface area contributed by atoms with Crippen LogP contribution in [0.3, 0.4) is 0 Å². The Kier molecular flexibility index (Phi) is 5.55. The van der Waals surface area contributed by atoms with Crippen molar-refractivity contribution in [1.29, 1.82) is 0 Å². The normalized spacial score (nSPS) is 18.0. The second kappa shape index (κ2) is 8.26. The lowest BCUT2D eigenvalue weighted by Gasteiger charge is -2.37. The molecular formula is C21H22FN3O4. The van der Waals surface area contributed by atoms with Crippen LogP contribution in [0.5, 0.6) is 0 Å². The minimum Gasteiger partial charge on any atom is -0.348 e. The highest BCUT2D eigenvalue weighted by molar-refractivity contribution is 5.99. The smallest absolute Gasteiger partial charge is 0.255 e. The zero-order chi connectivity index (χ0) is 20.3. The van der Waals surface area contributed by atoms with Crippen LogP contribution in [-0.4, -0.2) is 53.8 Å². The van der Waals surface area contributed by atoms with Gasteiger partial charge >= 0.3 is 0 Å². The van der Waals surface area contributed by atoms with Crippen LogP contribution in [0, 0.1) is 5.82 Å². The highest BCUT2D eigenvalue weighted by Crippen LogP contribution is 2.31. The number of aromatic nitrogens is 1. The van der Waals surface area contributed by atoms with Crippen LogP contribution < -0.4 is 5.32 Å². The molecule has 2 aliphatic rings. The van der Waals surface area contributed by atoms with E-state index < -0.39 is 11.7 Å². The Hall–Kier alpha value is -2.84. The molecule has 29 heavy (non-hydrogen) atoms. The monoisotopic (exact) mass is 399 g/mol. The van der Waals surface area contributed by atoms with Crippen LogP contribution in [0.25, 0.3) is 0 Å². The SMILES string of the molecule is O=C(NCc1ccccc1F)c1cncc(C(=O)N2CCC3(CC2)OCCO3)c1. The number of piperidine rings is 1. The maximum Gasteiger partial charge on any atom is 0.255 e. The molecule has 7 nitrogen and oxygen atoms in total. The molecule has 4 rings (SSSR count). The Bertz CT molecular complexity index is 904. The second-order valence-electron chi connectivity index (χ2n) is 7.14. The first-order valence-corrected chi connectivity index (χ1v) is 9.60. The molecule has 2 amide bonds. The number of pyridine rings is 1. The average Bonchev–Trinajstić information content (AvgIpc) is 3.21. The number of carbonyl (C=O) groups excluding carboxylic acids is 2. The van der Waals surface area contributed by atoms with Crippen molar-refractivity contribution in [3.05, 3.63) is 65.2 Å². The van der Waals surface area contributed by atoms with Gasteiger partial charge in [-0.25, -0.2) is 4.39 Å². The molecule has 152 valence electrons. The van der Waals surface area contributed by atoms with Gasteiger partial charge in [0.1, 0.15) is 5.82 Å². The molecule has 0 unspecified atom stereocenters. The third-order valence-corrected chi connectivity index (χ3v) is 5.27. The van der Waals surface area contributed by atoms with E-state index in [9.17, 15) is 14.0 Å². The van der Waals surface area contributed by atoms with E-state index in [2.05, 4.69) is 10.3 Å². The van der Waals surface area contributed by atoms with E-state index in [1.165, 1.54) is 24.5 Å². The molecule has 1 aromatic heterocycles. The van der Waals surface area contributed by atoms with Gasteiger partial charge < -0.3 is 19.7 Å². The summed E-state index contributed by atoms with van der Waals surface area (Å²) in [5.41, 5.74) is 0.982. The molecule has 1 aromatic carbocycles. The van der Waals surface area contributed by atoms with Crippen molar-refractivity contribution in [3.63, 3.8) is 0 Å². The van der Waals surface area contributed by atoms with E-state index in [-0.39, 0.29) is 23.8 Å². The maximum atomic E-state index is 13.7. The largest absolute Gasteiger partial charge is 0.348 e. The number of hydrogen-bond donors (Lipinski definition) is 1. The van der Waals surface area contributed by atoms with Gasteiger partial charge in [0.05, 0.1) is 24.3 Å². The summed E-state index contributed by atoms with van der Waals surface area (Å²) in [6.45, 7) is 2.26. The predicted octanol–water partition coefficient (Wildman–Crippen LogP) is 2.13. The van der Waals surface area contributed by atoms with Crippen molar-refractivity contribution >= 4 is 11.8 Å². The molecule has 0 saturated carbocycles. The number of ether oxygens (including phenoxy) is 2. The molecule has 2 aliphatic heterocycles. The lowest BCUT2D eigenvalue weighted by molar-refractivity contribution is -0.181. The molecule has 2 fully saturated rings. The van der Waals surface area contributed by atoms with Gasteiger partial charge in [-0.1, -0.05) is 18.2 Å². The molecule has 0 aliphatic carbocycles. The van der Waals surface area contributed by atoms with Gasteiger partial charge in [0.25, 0.3) is 11.8 Å². The summed E-state index contributed by atoms with van der Waals surface area (Å²) in [5, 5.41) is 2.66. The average molecular weight is 399 g/mol. The molecule has 8 heteroatoms. The van der Waals surface area contributed by atoms with Crippen molar-refractivity contribution in [2.45, 2.75) is 25.2 Å². The molecule has 0 atom stereocenters. The Balaban J connectivity index is 1.38. The predicted molar refractivity (Wildman–Crippen MR) is 102 cm³/mol. The summed E-state index contributed by atoms with van der Waals surface area (Å²) >= 11 is 0. The van der Waals surface area contributed by atoms with Gasteiger partial charge in [-0.15, -0.1) is 0 Å². The van der Waals surface area contributed by atoms with Gasteiger partial charge in [0, 0.05) is 50.4 Å². The molecule has 2 saturated heterocycles. The van der Waals surface area contributed by atoms with Gasteiger partial charge in [0.2, 0.25) is 0 Å². The highest BCUT2D eigenvalue weighted by Gasteiger charge is 2.40. The van der Waals surface area contributed by atoms with E-state index in [1.807, 2.05) is 0 Å².